The number of carbonyl (C=O) groups is 6. The summed E-state index contributed by atoms with van der Waals surface area (Å²) >= 11 is 4.84. The molecule has 5 amide bonds. The second-order valence-electron chi connectivity index (χ2n) is 18.5. The van der Waals surface area contributed by atoms with E-state index >= 15 is 0 Å². The molecule has 4 aromatic rings. The van der Waals surface area contributed by atoms with Gasteiger partial charge in [-0.15, -0.1) is 0 Å². The van der Waals surface area contributed by atoms with Crippen LogP contribution in [-0.4, -0.2) is 112 Å². The van der Waals surface area contributed by atoms with Gasteiger partial charge in [-0.25, -0.2) is 9.78 Å². The number of aryl methyl sites for hydroxylation is 1. The summed E-state index contributed by atoms with van der Waals surface area (Å²) in [5.74, 6) is -2.21. The van der Waals surface area contributed by atoms with Crippen molar-refractivity contribution in [2.24, 2.45) is 11.7 Å². The summed E-state index contributed by atoms with van der Waals surface area (Å²) in [5.41, 5.74) is 7.66. The third kappa shape index (κ3) is 13.8. The molecule has 74 heavy (non-hydrogen) atoms. The van der Waals surface area contributed by atoms with E-state index in [4.69, 9.17) is 42.3 Å². The average Bonchev–Trinajstić information content (AvgIpc) is 4.00. The first-order valence-electron chi connectivity index (χ1n) is 24.7. The molecule has 0 spiro atoms. The van der Waals surface area contributed by atoms with Crippen molar-refractivity contribution in [1.29, 1.82) is 0 Å². The van der Waals surface area contributed by atoms with Crippen molar-refractivity contribution in [3.8, 4) is 22.9 Å². The van der Waals surface area contributed by atoms with Crippen molar-refractivity contribution in [2.75, 3.05) is 39.8 Å². The number of aromatic nitrogens is 4. The predicted molar refractivity (Wildman–Crippen MR) is 266 cm³/mol. The molecule has 3 aliphatic heterocycles. The summed E-state index contributed by atoms with van der Waals surface area (Å²) in [5, 5.41) is 25.9. The fraction of sp³-hybridized carbons (Fsp3) is 0.520. The summed E-state index contributed by atoms with van der Waals surface area (Å²) < 4.78 is 23.9. The van der Waals surface area contributed by atoms with E-state index in [0.29, 0.717) is 105 Å². The molecule has 1 radical (unpaired) electrons. The van der Waals surface area contributed by atoms with Crippen LogP contribution in [0, 0.1) is 44.5 Å². The van der Waals surface area contributed by atoms with Crippen molar-refractivity contribution in [3.05, 3.63) is 68.8 Å². The van der Waals surface area contributed by atoms with E-state index in [1.54, 1.807) is 37.5 Å². The van der Waals surface area contributed by atoms with Crippen LogP contribution in [0.5, 0.6) is 11.5 Å². The monoisotopic (exact) mass is 1190 g/mol. The topological polar surface area (TPSA) is 306 Å². The van der Waals surface area contributed by atoms with Crippen LogP contribution >= 0.6 is 0 Å². The average molecular weight is 1190 g/mol. The number of hydrogen-bond donors (Lipinski definition) is 7. The van der Waals surface area contributed by atoms with Crippen LogP contribution in [0.1, 0.15) is 118 Å². The number of benzene rings is 1. The van der Waals surface area contributed by atoms with E-state index in [9.17, 15) is 38.7 Å². The predicted octanol–water partition coefficient (Wildman–Crippen LogP) is 1.78. The van der Waals surface area contributed by atoms with Crippen LogP contribution in [-0.2, 0) is 71.2 Å². The summed E-state index contributed by atoms with van der Waals surface area (Å²) in [7, 11) is 0. The summed E-state index contributed by atoms with van der Waals surface area (Å²) in [6, 6.07) is 3.48. The van der Waals surface area contributed by atoms with Crippen LogP contribution in [0.15, 0.2) is 40.5 Å². The van der Waals surface area contributed by atoms with Gasteiger partial charge in [0.2, 0.25) is 30.4 Å². The Bertz CT molecular complexity index is 2780. The van der Waals surface area contributed by atoms with E-state index in [1.807, 2.05) is 6.07 Å². The number of aliphatic hydroxyl groups is 1. The maximum absolute atomic E-state index is 13.9. The van der Waals surface area contributed by atoms with Crippen LogP contribution in [0.2, 0.25) is 0 Å². The fourth-order valence-corrected chi connectivity index (χ4v) is 9.13. The molecule has 6 heterocycles. The number of unbranched alkanes of at least 4 members (excludes halogenated alkanes) is 4. The number of nitrogens with one attached hydrogen (secondary N) is 5. The minimum absolute atomic E-state index is 0. The molecule has 0 saturated carbocycles. The van der Waals surface area contributed by atoms with Crippen molar-refractivity contribution >= 4 is 59.0 Å². The molecular formula is C50H63N10O12STb-. The van der Waals surface area contributed by atoms with Crippen LogP contribution < -0.4 is 47.4 Å². The van der Waals surface area contributed by atoms with Gasteiger partial charge in [-0.3, -0.25) is 38.7 Å². The molecule has 1 aromatic carbocycles. The first kappa shape index (κ1) is 57.7. The molecule has 0 unspecified atom stereocenters. The van der Waals surface area contributed by atoms with Crippen molar-refractivity contribution in [3.63, 3.8) is 0 Å². The Morgan fingerprint density at radius 1 is 0.892 bits per heavy atom. The molecule has 0 saturated heterocycles. The van der Waals surface area contributed by atoms with Gasteiger partial charge in [0, 0.05) is 98.3 Å². The number of carbonyl (C=O) groups excluding carboxylic acids is 6. The van der Waals surface area contributed by atoms with E-state index in [2.05, 4.69) is 36.6 Å². The molecular weight excluding hydrogens is 1120 g/mol. The van der Waals surface area contributed by atoms with E-state index in [1.165, 1.54) is 12.4 Å². The number of hydrogen-bond acceptors (Lipinski definition) is 17. The van der Waals surface area contributed by atoms with Gasteiger partial charge in [0.15, 0.2) is 17.1 Å². The summed E-state index contributed by atoms with van der Waals surface area (Å²) in [4.78, 5) is 104. The summed E-state index contributed by atoms with van der Waals surface area (Å²) in [6.45, 7) is 5.90. The third-order valence-corrected chi connectivity index (χ3v) is 13.4. The molecule has 0 aliphatic carbocycles. The quantitative estimate of drug-likeness (QED) is 0.0136. The van der Waals surface area contributed by atoms with Crippen molar-refractivity contribution in [1.82, 2.24) is 46.1 Å². The first-order valence-corrected chi connectivity index (χ1v) is 25.2. The Morgan fingerprint density at radius 2 is 1.65 bits per heavy atom. The first-order chi connectivity index (χ1) is 35.1. The molecule has 3 aromatic heterocycles. The molecule has 3 atom stereocenters. The van der Waals surface area contributed by atoms with E-state index < -0.39 is 41.4 Å². The largest absolute Gasteiger partial charge is 0.740 e. The maximum Gasteiger partial charge on any atom is 0.343 e. The van der Waals surface area contributed by atoms with Gasteiger partial charge >= 0.3 is 5.97 Å². The SMILES string of the molecule is CC[C@]1(O)C(=O)OCc2c1cc1n(c2=O)Cc2c-1nc1cc3c(cc1c2CCCCOCNC(=O)CNC(=O)[C@H](CCCCN)NC(=O)[C@@H](NC(=O)CCCCCNC(=O)c1cnc([S-])nc1)C(C)C)OCO3.[Tb]. The van der Waals surface area contributed by atoms with Gasteiger partial charge in [0.25, 0.3) is 11.5 Å². The van der Waals surface area contributed by atoms with Gasteiger partial charge < -0.3 is 73.6 Å². The van der Waals surface area contributed by atoms with Gasteiger partial charge in [0.1, 0.15) is 25.4 Å². The fourth-order valence-electron chi connectivity index (χ4n) is 9.03. The number of esters is 1. The molecule has 0 fully saturated rings. The van der Waals surface area contributed by atoms with Crippen LogP contribution in [0.3, 0.4) is 0 Å². The zero-order valence-corrected chi connectivity index (χ0v) is 44.6. The van der Waals surface area contributed by atoms with Gasteiger partial charge in [-0.05, 0) is 87.9 Å². The molecule has 7 rings (SSSR count). The minimum atomic E-state index is -1.96. The third-order valence-electron chi connectivity index (χ3n) is 13.2. The van der Waals surface area contributed by atoms with Gasteiger partial charge in [0.05, 0.1) is 41.1 Å². The molecule has 3 aliphatic rings. The number of pyridine rings is 2. The second-order valence-corrected chi connectivity index (χ2v) is 18.9. The zero-order valence-electron chi connectivity index (χ0n) is 41.6. The number of amides is 5. The number of cyclic esters (lactones) is 1. The van der Waals surface area contributed by atoms with Crippen LogP contribution in [0.25, 0.3) is 22.3 Å². The molecule has 22 nitrogen and oxygen atoms in total. The molecule has 401 valence electrons. The Balaban J connectivity index is 0.00000892. The number of rotatable bonds is 26. The molecule has 24 heteroatoms. The number of nitrogens with zero attached hydrogens (tertiary/aromatic N) is 4. The van der Waals surface area contributed by atoms with E-state index in [0.717, 1.165) is 16.5 Å². The number of nitrogens with two attached hydrogens (primary N) is 1. The zero-order chi connectivity index (χ0) is 52.2. The van der Waals surface area contributed by atoms with E-state index in [-0.39, 0.29) is 131 Å². The Labute approximate surface area is 464 Å². The molecule has 0 bridgehead atoms. The van der Waals surface area contributed by atoms with Crippen LogP contribution in [0.4, 0.5) is 0 Å². The second kappa shape index (κ2) is 26.8. The normalized spacial score (nSPS) is 15.7. The Morgan fingerprint density at radius 3 is 2.38 bits per heavy atom. The number of fused-ring (bicyclic) bond motifs is 6. The summed E-state index contributed by atoms with van der Waals surface area (Å²) in [6.07, 6.45) is 7.97. The minimum Gasteiger partial charge on any atom is -0.740 e. The van der Waals surface area contributed by atoms with Crippen molar-refractivity contribution in [2.45, 2.75) is 127 Å². The maximum atomic E-state index is 13.9. The Kier molecular flexibility index (Phi) is 20.9. The van der Waals surface area contributed by atoms with Gasteiger partial charge in [-0.1, -0.05) is 27.2 Å². The van der Waals surface area contributed by atoms with Crippen molar-refractivity contribution < 1.29 is 91.4 Å². The smallest absolute Gasteiger partial charge is 0.343 e. The Hall–Kier alpha value is -5.53. The number of ether oxygens (including phenoxy) is 4. The standard InChI is InChI=1S/C50H64N10O12S.Tb/c1-4-50(68)34-19-37-43-32(24-60(37)47(66)33(34)25-70-48(50)67)30(31-18-38-39(72-27-71-38)20-36(31)57-43)12-8-11-17-69-26-56-41(62)23-53-45(64)35(13-7-9-15-51)58-46(65)42(28(2)3)59-40(61)14-6-5-10-16-52-44(63)29-21-54-49(73)55-22-29;/h18-22,28,35,42,68H,4-17,23-27,51H2,1-3H3,(H,52,63)(H,53,64)(H,56,62)(H,58,65)(H,59,61)(H,54,55,73);/p-1/t35-,42-,50+;/m0./s1. The molecule has 8 N–H and O–H groups in total. The van der Waals surface area contributed by atoms with Gasteiger partial charge in [-0.2, -0.15) is 0 Å².